The van der Waals surface area contributed by atoms with Crippen LogP contribution in [0.4, 0.5) is 0 Å². The van der Waals surface area contributed by atoms with E-state index in [2.05, 4.69) is 10.6 Å². The van der Waals surface area contributed by atoms with Crippen molar-refractivity contribution < 1.29 is 14.7 Å². The second-order valence-electron chi connectivity index (χ2n) is 6.98. The van der Waals surface area contributed by atoms with Crippen molar-refractivity contribution >= 4 is 11.8 Å². The van der Waals surface area contributed by atoms with Crippen LogP contribution in [0.3, 0.4) is 0 Å². The summed E-state index contributed by atoms with van der Waals surface area (Å²) in [4.78, 5) is 24.2. The summed E-state index contributed by atoms with van der Waals surface area (Å²) in [6, 6.07) is 9.05. The summed E-state index contributed by atoms with van der Waals surface area (Å²) in [6.07, 6.45) is 0.218. The number of aliphatic hydroxyl groups excluding tert-OH is 1. The third-order valence-electron chi connectivity index (χ3n) is 3.69. The molecule has 24 heavy (non-hydrogen) atoms. The Balaban J connectivity index is 2.48. The van der Waals surface area contributed by atoms with Gasteiger partial charge in [-0.15, -0.1) is 0 Å². The first-order valence-electron chi connectivity index (χ1n) is 8.58. The molecule has 5 nitrogen and oxygen atoms in total. The molecule has 0 fully saturated rings. The van der Waals surface area contributed by atoms with Crippen molar-refractivity contribution in [3.8, 4) is 0 Å². The standard InChI is InChI=1S/C19H30N2O3/c1-13(2)10-17(23)21-18(14(3)4)19(24)20-12-16(22)11-15-8-6-5-7-9-15/h5-9,13-14,16,18,22H,10-12H2,1-4H3,(H,20,24)(H,21,23). The molecule has 0 aliphatic carbocycles. The Bertz CT molecular complexity index is 515. The Morgan fingerprint density at radius 3 is 2.25 bits per heavy atom. The van der Waals surface area contributed by atoms with E-state index in [1.165, 1.54) is 0 Å². The van der Waals surface area contributed by atoms with Crippen molar-refractivity contribution in [1.29, 1.82) is 0 Å². The maximum atomic E-state index is 12.3. The Labute approximate surface area is 144 Å². The fourth-order valence-electron chi connectivity index (χ4n) is 2.42. The summed E-state index contributed by atoms with van der Waals surface area (Å²) in [7, 11) is 0. The second-order valence-corrected chi connectivity index (χ2v) is 6.98. The van der Waals surface area contributed by atoms with Crippen molar-refractivity contribution in [3.05, 3.63) is 35.9 Å². The number of hydrogen-bond acceptors (Lipinski definition) is 3. The highest BCUT2D eigenvalue weighted by molar-refractivity contribution is 5.87. The van der Waals surface area contributed by atoms with Gasteiger partial charge in [0.1, 0.15) is 6.04 Å². The molecule has 1 aromatic carbocycles. The Morgan fingerprint density at radius 1 is 1.08 bits per heavy atom. The van der Waals surface area contributed by atoms with Crippen LogP contribution in [0.25, 0.3) is 0 Å². The van der Waals surface area contributed by atoms with E-state index in [-0.39, 0.29) is 30.2 Å². The van der Waals surface area contributed by atoms with Crippen molar-refractivity contribution in [2.45, 2.75) is 52.7 Å². The highest BCUT2D eigenvalue weighted by Gasteiger charge is 2.24. The van der Waals surface area contributed by atoms with Crippen molar-refractivity contribution in [2.75, 3.05) is 6.54 Å². The minimum Gasteiger partial charge on any atom is -0.391 e. The zero-order chi connectivity index (χ0) is 18.1. The van der Waals surface area contributed by atoms with Crippen molar-refractivity contribution in [1.82, 2.24) is 10.6 Å². The number of benzene rings is 1. The van der Waals surface area contributed by atoms with Gasteiger partial charge in [0.05, 0.1) is 6.10 Å². The van der Waals surface area contributed by atoms with E-state index in [1.807, 2.05) is 58.0 Å². The molecule has 0 saturated heterocycles. The number of aliphatic hydroxyl groups is 1. The van der Waals surface area contributed by atoms with E-state index >= 15 is 0 Å². The molecule has 0 aromatic heterocycles. The van der Waals surface area contributed by atoms with E-state index in [4.69, 9.17) is 0 Å². The smallest absolute Gasteiger partial charge is 0.242 e. The molecule has 0 saturated carbocycles. The Hall–Kier alpha value is -1.88. The van der Waals surface area contributed by atoms with E-state index < -0.39 is 12.1 Å². The van der Waals surface area contributed by atoms with Crippen LogP contribution < -0.4 is 10.6 Å². The lowest BCUT2D eigenvalue weighted by Gasteiger charge is -2.23. The molecule has 0 bridgehead atoms. The largest absolute Gasteiger partial charge is 0.391 e. The van der Waals surface area contributed by atoms with Crippen LogP contribution >= 0.6 is 0 Å². The minimum atomic E-state index is -0.657. The molecule has 0 spiro atoms. The molecular formula is C19H30N2O3. The van der Waals surface area contributed by atoms with Gasteiger partial charge in [0.15, 0.2) is 0 Å². The normalized spacial score (nSPS) is 13.6. The first-order chi connectivity index (χ1) is 11.3. The van der Waals surface area contributed by atoms with Gasteiger partial charge in [-0.05, 0) is 17.4 Å². The zero-order valence-corrected chi connectivity index (χ0v) is 15.1. The lowest BCUT2D eigenvalue weighted by Crippen LogP contribution is -2.51. The maximum Gasteiger partial charge on any atom is 0.242 e. The summed E-state index contributed by atoms with van der Waals surface area (Å²) in [5, 5.41) is 15.6. The molecule has 1 rings (SSSR count). The van der Waals surface area contributed by atoms with Crippen LogP contribution in [0.2, 0.25) is 0 Å². The van der Waals surface area contributed by atoms with Gasteiger partial charge in [-0.1, -0.05) is 58.0 Å². The molecule has 0 aliphatic heterocycles. The summed E-state index contributed by atoms with van der Waals surface area (Å²) in [6.45, 7) is 7.87. The summed E-state index contributed by atoms with van der Waals surface area (Å²) < 4.78 is 0. The van der Waals surface area contributed by atoms with Gasteiger partial charge < -0.3 is 15.7 Å². The molecule has 3 N–H and O–H groups in total. The van der Waals surface area contributed by atoms with Gasteiger partial charge in [0.2, 0.25) is 11.8 Å². The van der Waals surface area contributed by atoms with Crippen LogP contribution in [0.1, 0.15) is 39.7 Å². The van der Waals surface area contributed by atoms with Crippen LogP contribution in [0, 0.1) is 11.8 Å². The lowest BCUT2D eigenvalue weighted by molar-refractivity contribution is -0.130. The number of amides is 2. The summed E-state index contributed by atoms with van der Waals surface area (Å²) in [5.41, 5.74) is 1.02. The lowest BCUT2D eigenvalue weighted by atomic mass is 10.0. The minimum absolute atomic E-state index is 0.0209. The average Bonchev–Trinajstić information content (AvgIpc) is 2.50. The first-order valence-corrected chi connectivity index (χ1v) is 8.58. The quantitative estimate of drug-likeness (QED) is 0.645. The van der Waals surface area contributed by atoms with E-state index in [0.29, 0.717) is 12.8 Å². The molecule has 2 amide bonds. The highest BCUT2D eigenvalue weighted by atomic mass is 16.3. The number of nitrogens with one attached hydrogen (secondary N) is 2. The monoisotopic (exact) mass is 334 g/mol. The fourth-order valence-corrected chi connectivity index (χ4v) is 2.42. The van der Waals surface area contributed by atoms with E-state index in [1.54, 1.807) is 0 Å². The molecular weight excluding hydrogens is 304 g/mol. The SMILES string of the molecule is CC(C)CC(=O)NC(C(=O)NCC(O)Cc1ccccc1)C(C)C. The fraction of sp³-hybridized carbons (Fsp3) is 0.579. The Morgan fingerprint density at radius 2 is 1.71 bits per heavy atom. The van der Waals surface area contributed by atoms with E-state index in [9.17, 15) is 14.7 Å². The third kappa shape index (κ3) is 7.59. The van der Waals surface area contributed by atoms with E-state index in [0.717, 1.165) is 5.56 Å². The van der Waals surface area contributed by atoms with Crippen molar-refractivity contribution in [3.63, 3.8) is 0 Å². The number of carbonyl (C=O) groups is 2. The van der Waals surface area contributed by atoms with Gasteiger partial charge in [-0.3, -0.25) is 9.59 Å². The first kappa shape index (κ1) is 20.2. The molecule has 0 radical (unpaired) electrons. The summed E-state index contributed by atoms with van der Waals surface area (Å²) >= 11 is 0. The number of rotatable bonds is 9. The number of carbonyl (C=O) groups excluding carboxylic acids is 2. The molecule has 134 valence electrons. The van der Waals surface area contributed by atoms with Crippen LogP contribution in [0.5, 0.6) is 0 Å². The van der Waals surface area contributed by atoms with Crippen LogP contribution in [-0.4, -0.2) is 35.6 Å². The number of hydrogen-bond donors (Lipinski definition) is 3. The highest BCUT2D eigenvalue weighted by Crippen LogP contribution is 2.06. The molecule has 2 atom stereocenters. The molecule has 0 heterocycles. The van der Waals surface area contributed by atoms with Gasteiger partial charge >= 0.3 is 0 Å². The predicted octanol–water partition coefficient (Wildman–Crippen LogP) is 1.89. The predicted molar refractivity (Wildman–Crippen MR) is 95.4 cm³/mol. The van der Waals surface area contributed by atoms with Gasteiger partial charge in [-0.25, -0.2) is 0 Å². The maximum absolute atomic E-state index is 12.3. The van der Waals surface area contributed by atoms with Crippen LogP contribution in [-0.2, 0) is 16.0 Å². The second kappa shape index (κ2) is 10.1. The van der Waals surface area contributed by atoms with Gasteiger partial charge in [-0.2, -0.15) is 0 Å². The molecule has 5 heteroatoms. The van der Waals surface area contributed by atoms with Gasteiger partial charge in [0, 0.05) is 19.4 Å². The topological polar surface area (TPSA) is 78.4 Å². The molecule has 0 aliphatic rings. The summed E-state index contributed by atoms with van der Waals surface area (Å²) in [5.74, 6) is -0.154. The third-order valence-corrected chi connectivity index (χ3v) is 3.69. The van der Waals surface area contributed by atoms with Crippen LogP contribution in [0.15, 0.2) is 30.3 Å². The Kier molecular flexibility index (Phi) is 8.47. The average molecular weight is 334 g/mol. The zero-order valence-electron chi connectivity index (χ0n) is 15.1. The molecule has 2 unspecified atom stereocenters. The van der Waals surface area contributed by atoms with Gasteiger partial charge in [0.25, 0.3) is 0 Å². The van der Waals surface area contributed by atoms with Crippen molar-refractivity contribution in [2.24, 2.45) is 11.8 Å². The molecule has 1 aromatic rings.